The molecular formula is C16H18N6O. The predicted molar refractivity (Wildman–Crippen MR) is 85.0 cm³/mol. The van der Waals surface area contributed by atoms with E-state index in [0.717, 1.165) is 48.1 Å². The maximum atomic E-state index is 12.5. The van der Waals surface area contributed by atoms with E-state index >= 15 is 0 Å². The second kappa shape index (κ2) is 5.49. The minimum Gasteiger partial charge on any atom is -0.339 e. The Morgan fingerprint density at radius 2 is 2.04 bits per heavy atom. The largest absolute Gasteiger partial charge is 0.339 e. The summed E-state index contributed by atoms with van der Waals surface area (Å²) in [4.78, 5) is 15.9. The zero-order valence-corrected chi connectivity index (χ0v) is 13.0. The number of aryl methyl sites for hydroxylation is 1. The van der Waals surface area contributed by atoms with Gasteiger partial charge in [0.25, 0.3) is 5.91 Å². The van der Waals surface area contributed by atoms with Crippen LogP contribution in [0.15, 0.2) is 30.6 Å². The van der Waals surface area contributed by atoms with E-state index in [1.807, 2.05) is 34.0 Å². The van der Waals surface area contributed by atoms with Gasteiger partial charge in [-0.25, -0.2) is 0 Å². The second-order valence-electron chi connectivity index (χ2n) is 5.92. The van der Waals surface area contributed by atoms with Gasteiger partial charge in [0, 0.05) is 37.3 Å². The van der Waals surface area contributed by atoms with Gasteiger partial charge in [0.2, 0.25) is 0 Å². The number of fused-ring (bicyclic) bond motifs is 1. The van der Waals surface area contributed by atoms with Crippen molar-refractivity contribution in [1.29, 1.82) is 0 Å². The molecule has 3 aromatic rings. The number of aromatic nitrogens is 5. The van der Waals surface area contributed by atoms with Crippen molar-refractivity contribution in [2.75, 3.05) is 13.1 Å². The first-order valence-electron chi connectivity index (χ1n) is 7.81. The van der Waals surface area contributed by atoms with E-state index < -0.39 is 0 Å². The molecule has 1 fully saturated rings. The summed E-state index contributed by atoms with van der Waals surface area (Å²) in [5.41, 5.74) is 2.47. The summed E-state index contributed by atoms with van der Waals surface area (Å²) in [5, 5.41) is 13.8. The van der Waals surface area contributed by atoms with Gasteiger partial charge in [-0.15, -0.1) is 0 Å². The number of rotatable bonds is 3. The van der Waals surface area contributed by atoms with Crippen LogP contribution < -0.4 is 0 Å². The zero-order chi connectivity index (χ0) is 15.8. The van der Waals surface area contributed by atoms with Crippen LogP contribution >= 0.6 is 0 Å². The van der Waals surface area contributed by atoms with Crippen LogP contribution in [0.4, 0.5) is 0 Å². The SMILES string of the molecule is Cn1ncc(Cn2cc3cc(C(=O)N4CCCC4)ccc3n2)n1. The molecule has 0 atom stereocenters. The Morgan fingerprint density at radius 3 is 2.78 bits per heavy atom. The molecule has 7 nitrogen and oxygen atoms in total. The van der Waals surface area contributed by atoms with Crippen molar-refractivity contribution < 1.29 is 4.79 Å². The molecule has 0 saturated carbocycles. The van der Waals surface area contributed by atoms with Crippen LogP contribution in [0.5, 0.6) is 0 Å². The van der Waals surface area contributed by atoms with E-state index in [1.54, 1.807) is 13.2 Å². The van der Waals surface area contributed by atoms with Crippen LogP contribution in [-0.4, -0.2) is 48.7 Å². The van der Waals surface area contributed by atoms with Crippen LogP contribution in [0.1, 0.15) is 28.9 Å². The van der Waals surface area contributed by atoms with Gasteiger partial charge in [0.05, 0.1) is 18.3 Å². The normalized spacial score (nSPS) is 14.7. The van der Waals surface area contributed by atoms with E-state index in [4.69, 9.17) is 0 Å². The van der Waals surface area contributed by atoms with Gasteiger partial charge in [-0.1, -0.05) is 0 Å². The molecule has 3 heterocycles. The molecule has 1 aliphatic heterocycles. The highest BCUT2D eigenvalue weighted by atomic mass is 16.2. The quantitative estimate of drug-likeness (QED) is 0.734. The fraction of sp³-hybridized carbons (Fsp3) is 0.375. The minimum absolute atomic E-state index is 0.117. The third kappa shape index (κ3) is 2.69. The lowest BCUT2D eigenvalue weighted by Gasteiger charge is -2.14. The van der Waals surface area contributed by atoms with Crippen molar-refractivity contribution >= 4 is 16.8 Å². The fourth-order valence-electron chi connectivity index (χ4n) is 3.02. The number of carbonyl (C=O) groups is 1. The van der Waals surface area contributed by atoms with Crippen molar-refractivity contribution in [1.82, 2.24) is 29.7 Å². The van der Waals surface area contributed by atoms with Crippen molar-refractivity contribution in [2.24, 2.45) is 7.05 Å². The van der Waals surface area contributed by atoms with Crippen LogP contribution in [0.25, 0.3) is 10.9 Å². The van der Waals surface area contributed by atoms with E-state index in [9.17, 15) is 4.79 Å². The highest BCUT2D eigenvalue weighted by molar-refractivity contribution is 5.98. The number of nitrogens with zero attached hydrogens (tertiary/aromatic N) is 6. The number of likely N-dealkylation sites (tertiary alicyclic amines) is 1. The van der Waals surface area contributed by atoms with Crippen molar-refractivity contribution in [3.8, 4) is 0 Å². The summed E-state index contributed by atoms with van der Waals surface area (Å²) in [7, 11) is 1.79. The lowest BCUT2D eigenvalue weighted by Crippen LogP contribution is -2.27. The Kier molecular flexibility index (Phi) is 3.33. The third-order valence-electron chi connectivity index (χ3n) is 4.16. The summed E-state index contributed by atoms with van der Waals surface area (Å²) in [6, 6.07) is 5.70. The summed E-state index contributed by atoms with van der Waals surface area (Å²) >= 11 is 0. The van der Waals surface area contributed by atoms with Crippen LogP contribution in [0.3, 0.4) is 0 Å². The molecule has 7 heteroatoms. The maximum absolute atomic E-state index is 12.5. The summed E-state index contributed by atoms with van der Waals surface area (Å²) in [6.07, 6.45) is 5.88. The molecule has 118 valence electrons. The Balaban J connectivity index is 1.60. The number of hydrogen-bond donors (Lipinski definition) is 0. The Hall–Kier alpha value is -2.70. The predicted octanol–water partition coefficient (Wildman–Crippen LogP) is 1.45. The van der Waals surface area contributed by atoms with Crippen molar-refractivity contribution in [3.05, 3.63) is 41.9 Å². The molecule has 0 N–H and O–H groups in total. The molecule has 0 aliphatic carbocycles. The Labute approximate surface area is 133 Å². The summed E-state index contributed by atoms with van der Waals surface area (Å²) < 4.78 is 1.83. The average Bonchev–Trinajstić information content (AvgIpc) is 3.26. The molecule has 0 unspecified atom stereocenters. The molecule has 2 aromatic heterocycles. The maximum Gasteiger partial charge on any atom is 0.253 e. The minimum atomic E-state index is 0.117. The highest BCUT2D eigenvalue weighted by Crippen LogP contribution is 2.18. The lowest BCUT2D eigenvalue weighted by atomic mass is 10.1. The summed E-state index contributed by atoms with van der Waals surface area (Å²) in [5.74, 6) is 0.117. The Bertz CT molecular complexity index is 858. The van der Waals surface area contributed by atoms with E-state index in [2.05, 4.69) is 15.3 Å². The molecule has 1 aliphatic rings. The van der Waals surface area contributed by atoms with Gasteiger partial charge in [0.15, 0.2) is 0 Å². The average molecular weight is 310 g/mol. The Morgan fingerprint density at radius 1 is 1.22 bits per heavy atom. The van der Waals surface area contributed by atoms with Crippen molar-refractivity contribution in [3.63, 3.8) is 0 Å². The summed E-state index contributed by atoms with van der Waals surface area (Å²) in [6.45, 7) is 2.30. The first-order chi connectivity index (χ1) is 11.2. The van der Waals surface area contributed by atoms with Gasteiger partial charge in [-0.3, -0.25) is 9.48 Å². The van der Waals surface area contributed by atoms with Crippen LogP contribution in [0, 0.1) is 0 Å². The van der Waals surface area contributed by atoms with E-state index in [1.165, 1.54) is 4.80 Å². The molecule has 0 bridgehead atoms. The molecule has 0 radical (unpaired) electrons. The fourth-order valence-corrected chi connectivity index (χ4v) is 3.02. The standard InChI is InChI=1S/C16H18N6O/c1-20-17-9-14(18-20)11-22-10-13-8-12(4-5-15(13)19-22)16(23)21-6-2-3-7-21/h4-5,8-10H,2-3,6-7,11H2,1H3. The number of benzene rings is 1. The monoisotopic (exact) mass is 310 g/mol. The van der Waals surface area contributed by atoms with Crippen LogP contribution in [0.2, 0.25) is 0 Å². The first kappa shape index (κ1) is 13.9. The van der Waals surface area contributed by atoms with Gasteiger partial charge < -0.3 is 4.90 Å². The number of amides is 1. The zero-order valence-electron chi connectivity index (χ0n) is 13.0. The molecule has 0 spiro atoms. The van der Waals surface area contributed by atoms with Gasteiger partial charge in [-0.2, -0.15) is 20.1 Å². The van der Waals surface area contributed by atoms with Crippen LogP contribution in [-0.2, 0) is 13.6 Å². The van der Waals surface area contributed by atoms with Gasteiger partial charge in [0.1, 0.15) is 5.69 Å². The molecule has 1 saturated heterocycles. The number of hydrogen-bond acceptors (Lipinski definition) is 4. The number of carbonyl (C=O) groups excluding carboxylic acids is 1. The van der Waals surface area contributed by atoms with E-state index in [0.29, 0.717) is 6.54 Å². The second-order valence-corrected chi connectivity index (χ2v) is 5.92. The molecule has 23 heavy (non-hydrogen) atoms. The van der Waals surface area contributed by atoms with Gasteiger partial charge in [-0.05, 0) is 31.0 Å². The van der Waals surface area contributed by atoms with Gasteiger partial charge >= 0.3 is 0 Å². The third-order valence-corrected chi connectivity index (χ3v) is 4.16. The van der Waals surface area contributed by atoms with Crippen molar-refractivity contribution in [2.45, 2.75) is 19.4 Å². The first-order valence-corrected chi connectivity index (χ1v) is 7.81. The highest BCUT2D eigenvalue weighted by Gasteiger charge is 2.19. The topological polar surface area (TPSA) is 68.8 Å². The van der Waals surface area contributed by atoms with E-state index in [-0.39, 0.29) is 5.91 Å². The molecule has 4 rings (SSSR count). The lowest BCUT2D eigenvalue weighted by molar-refractivity contribution is 0.0793. The molecular weight excluding hydrogens is 292 g/mol. The smallest absolute Gasteiger partial charge is 0.253 e. The molecule has 1 aromatic carbocycles. The molecule has 1 amide bonds.